The third-order valence-electron chi connectivity index (χ3n) is 4.05. The van der Waals surface area contributed by atoms with Crippen LogP contribution in [0.4, 0.5) is 0 Å². The van der Waals surface area contributed by atoms with Crippen molar-refractivity contribution in [1.82, 2.24) is 4.90 Å². The molecule has 1 saturated heterocycles. The van der Waals surface area contributed by atoms with Gasteiger partial charge in [0.2, 0.25) is 0 Å². The molecule has 1 aliphatic rings. The van der Waals surface area contributed by atoms with E-state index in [9.17, 15) is 0 Å². The summed E-state index contributed by atoms with van der Waals surface area (Å²) in [6.07, 6.45) is 1.11. The zero-order valence-corrected chi connectivity index (χ0v) is 10.5. The van der Waals surface area contributed by atoms with Gasteiger partial charge in [-0.15, -0.1) is 0 Å². The van der Waals surface area contributed by atoms with Gasteiger partial charge in [0.05, 0.1) is 0 Å². The van der Waals surface area contributed by atoms with E-state index in [0.717, 1.165) is 19.5 Å². The first kappa shape index (κ1) is 11.6. The van der Waals surface area contributed by atoms with Crippen LogP contribution in [0, 0.1) is 6.92 Å². The predicted octanol–water partition coefficient (Wildman–Crippen LogP) is 2.31. The standard InChI is InChI=1S/C14H22N2/c1-11-6-4-5-7-12(11)10-16-9-8-13(15)14(16,2)3/h4-7,13H,8-10,15H2,1-3H3. The molecule has 1 atom stereocenters. The first-order valence-corrected chi connectivity index (χ1v) is 6.07. The second-order valence-corrected chi connectivity index (χ2v) is 5.40. The summed E-state index contributed by atoms with van der Waals surface area (Å²) in [5.74, 6) is 0. The summed E-state index contributed by atoms with van der Waals surface area (Å²) in [5.41, 5.74) is 9.08. The third-order valence-corrected chi connectivity index (χ3v) is 4.05. The normalized spacial score (nSPS) is 24.9. The minimum atomic E-state index is 0.127. The molecule has 1 heterocycles. The SMILES string of the molecule is Cc1ccccc1CN1CCC(N)C1(C)C. The largest absolute Gasteiger partial charge is 0.326 e. The van der Waals surface area contributed by atoms with Crippen molar-refractivity contribution in [1.29, 1.82) is 0 Å². The van der Waals surface area contributed by atoms with Crippen LogP contribution in [0.2, 0.25) is 0 Å². The van der Waals surface area contributed by atoms with Crippen LogP contribution in [0.1, 0.15) is 31.4 Å². The van der Waals surface area contributed by atoms with E-state index in [1.54, 1.807) is 0 Å². The average molecular weight is 218 g/mol. The van der Waals surface area contributed by atoms with Crippen molar-refractivity contribution < 1.29 is 0 Å². The Morgan fingerprint density at radius 3 is 2.62 bits per heavy atom. The molecule has 0 radical (unpaired) electrons. The summed E-state index contributed by atoms with van der Waals surface area (Å²) in [7, 11) is 0. The van der Waals surface area contributed by atoms with Crippen molar-refractivity contribution in [2.24, 2.45) is 5.73 Å². The molecule has 2 N–H and O–H groups in total. The quantitative estimate of drug-likeness (QED) is 0.825. The number of hydrogen-bond donors (Lipinski definition) is 1. The Kier molecular flexibility index (Phi) is 3.04. The lowest BCUT2D eigenvalue weighted by Crippen LogP contribution is -2.48. The topological polar surface area (TPSA) is 29.3 Å². The fraction of sp³-hybridized carbons (Fsp3) is 0.571. The zero-order chi connectivity index (χ0) is 11.8. The second kappa shape index (κ2) is 4.19. The van der Waals surface area contributed by atoms with Crippen molar-refractivity contribution in [3.63, 3.8) is 0 Å². The molecular weight excluding hydrogens is 196 g/mol. The zero-order valence-electron chi connectivity index (χ0n) is 10.5. The van der Waals surface area contributed by atoms with Crippen molar-refractivity contribution in [2.45, 2.75) is 45.3 Å². The summed E-state index contributed by atoms with van der Waals surface area (Å²) < 4.78 is 0. The first-order valence-electron chi connectivity index (χ1n) is 6.07. The fourth-order valence-corrected chi connectivity index (χ4v) is 2.45. The van der Waals surface area contributed by atoms with Gasteiger partial charge in [0.15, 0.2) is 0 Å². The lowest BCUT2D eigenvalue weighted by atomic mass is 9.96. The highest BCUT2D eigenvalue weighted by molar-refractivity contribution is 5.26. The summed E-state index contributed by atoms with van der Waals surface area (Å²) in [6, 6.07) is 8.91. The van der Waals surface area contributed by atoms with Crippen LogP contribution in [0.3, 0.4) is 0 Å². The predicted molar refractivity (Wildman–Crippen MR) is 68.3 cm³/mol. The summed E-state index contributed by atoms with van der Waals surface area (Å²) in [4.78, 5) is 2.50. The van der Waals surface area contributed by atoms with Gasteiger partial charge in [0, 0.05) is 24.7 Å². The Hall–Kier alpha value is -0.860. The number of nitrogens with zero attached hydrogens (tertiary/aromatic N) is 1. The Morgan fingerprint density at radius 1 is 1.38 bits per heavy atom. The van der Waals surface area contributed by atoms with E-state index in [1.165, 1.54) is 11.1 Å². The highest BCUT2D eigenvalue weighted by atomic mass is 15.2. The lowest BCUT2D eigenvalue weighted by molar-refractivity contribution is 0.154. The highest BCUT2D eigenvalue weighted by Crippen LogP contribution is 2.29. The van der Waals surface area contributed by atoms with E-state index in [0.29, 0.717) is 6.04 Å². The Labute approximate surface area is 98.4 Å². The van der Waals surface area contributed by atoms with Crippen LogP contribution in [0.25, 0.3) is 0 Å². The van der Waals surface area contributed by atoms with Crippen LogP contribution in [0.5, 0.6) is 0 Å². The lowest BCUT2D eigenvalue weighted by Gasteiger charge is -2.34. The van der Waals surface area contributed by atoms with Gasteiger partial charge >= 0.3 is 0 Å². The van der Waals surface area contributed by atoms with Gasteiger partial charge < -0.3 is 5.73 Å². The minimum Gasteiger partial charge on any atom is -0.326 e. The molecule has 2 nitrogen and oxygen atoms in total. The van der Waals surface area contributed by atoms with E-state index < -0.39 is 0 Å². The molecule has 0 aliphatic carbocycles. The first-order chi connectivity index (χ1) is 7.51. The van der Waals surface area contributed by atoms with Crippen LogP contribution in [0.15, 0.2) is 24.3 Å². The molecule has 1 aromatic carbocycles. The van der Waals surface area contributed by atoms with Gasteiger partial charge in [0.25, 0.3) is 0 Å². The number of hydrogen-bond acceptors (Lipinski definition) is 2. The Balaban J connectivity index is 2.14. The van der Waals surface area contributed by atoms with Gasteiger partial charge in [-0.05, 0) is 38.3 Å². The third kappa shape index (κ3) is 2.00. The molecule has 1 fully saturated rings. The molecule has 0 saturated carbocycles. The molecule has 1 aromatic rings. The number of benzene rings is 1. The molecule has 0 spiro atoms. The van der Waals surface area contributed by atoms with Crippen LogP contribution in [-0.4, -0.2) is 23.0 Å². The maximum Gasteiger partial charge on any atom is 0.0308 e. The van der Waals surface area contributed by atoms with Gasteiger partial charge in [-0.1, -0.05) is 24.3 Å². The molecule has 1 aliphatic heterocycles. The number of rotatable bonds is 2. The van der Waals surface area contributed by atoms with E-state index in [-0.39, 0.29) is 5.54 Å². The molecule has 0 aromatic heterocycles. The van der Waals surface area contributed by atoms with Crippen molar-refractivity contribution >= 4 is 0 Å². The van der Waals surface area contributed by atoms with Crippen LogP contribution >= 0.6 is 0 Å². The summed E-state index contributed by atoms with van der Waals surface area (Å²) in [6.45, 7) is 8.82. The molecular formula is C14H22N2. The van der Waals surface area contributed by atoms with Gasteiger partial charge in [-0.2, -0.15) is 0 Å². The number of likely N-dealkylation sites (tertiary alicyclic amines) is 1. The Morgan fingerprint density at radius 2 is 2.06 bits per heavy atom. The van der Waals surface area contributed by atoms with Crippen LogP contribution in [-0.2, 0) is 6.54 Å². The minimum absolute atomic E-state index is 0.127. The maximum absolute atomic E-state index is 6.15. The monoisotopic (exact) mass is 218 g/mol. The molecule has 0 bridgehead atoms. The van der Waals surface area contributed by atoms with Crippen LogP contribution < -0.4 is 5.73 Å². The van der Waals surface area contributed by atoms with Crippen molar-refractivity contribution in [3.8, 4) is 0 Å². The molecule has 2 rings (SSSR count). The molecule has 2 heteroatoms. The van der Waals surface area contributed by atoms with Crippen molar-refractivity contribution in [2.75, 3.05) is 6.54 Å². The van der Waals surface area contributed by atoms with Gasteiger partial charge in [-0.3, -0.25) is 4.90 Å². The van der Waals surface area contributed by atoms with E-state index >= 15 is 0 Å². The Bertz CT molecular complexity index is 371. The summed E-state index contributed by atoms with van der Waals surface area (Å²) in [5, 5.41) is 0. The smallest absolute Gasteiger partial charge is 0.0308 e. The van der Waals surface area contributed by atoms with E-state index in [2.05, 4.69) is 49.9 Å². The molecule has 0 amide bonds. The second-order valence-electron chi connectivity index (χ2n) is 5.40. The molecule has 16 heavy (non-hydrogen) atoms. The highest BCUT2D eigenvalue weighted by Gasteiger charge is 2.38. The van der Waals surface area contributed by atoms with Gasteiger partial charge in [0.1, 0.15) is 0 Å². The maximum atomic E-state index is 6.15. The van der Waals surface area contributed by atoms with Crippen molar-refractivity contribution in [3.05, 3.63) is 35.4 Å². The number of aryl methyl sites for hydroxylation is 1. The van der Waals surface area contributed by atoms with E-state index in [4.69, 9.17) is 5.73 Å². The van der Waals surface area contributed by atoms with E-state index in [1.807, 2.05) is 0 Å². The molecule has 1 unspecified atom stereocenters. The average Bonchev–Trinajstić information content (AvgIpc) is 2.48. The summed E-state index contributed by atoms with van der Waals surface area (Å²) >= 11 is 0. The fourth-order valence-electron chi connectivity index (χ4n) is 2.45. The van der Waals surface area contributed by atoms with Gasteiger partial charge in [-0.25, -0.2) is 0 Å². The molecule has 88 valence electrons. The number of nitrogens with two attached hydrogens (primary N) is 1.